The predicted molar refractivity (Wildman–Crippen MR) is 154 cm³/mol. The zero-order valence-corrected chi connectivity index (χ0v) is 23.6. The van der Waals surface area contributed by atoms with E-state index in [1.165, 1.54) is 11.3 Å². The minimum absolute atomic E-state index is 0.117. The molecule has 3 aromatic rings. The number of rotatable bonds is 5. The molecule has 0 amide bonds. The molecule has 0 radical (unpaired) electrons. The fourth-order valence-corrected chi connectivity index (χ4v) is 5.02. The van der Waals surface area contributed by atoms with Gasteiger partial charge in [-0.2, -0.15) is 12.6 Å². The molecule has 2 aromatic carbocycles. The highest BCUT2D eigenvalue weighted by Crippen LogP contribution is 2.43. The third-order valence-corrected chi connectivity index (χ3v) is 6.49. The third-order valence-electron chi connectivity index (χ3n) is 5.51. The van der Waals surface area contributed by atoms with Gasteiger partial charge in [0.25, 0.3) is 0 Å². The molecule has 0 bridgehead atoms. The van der Waals surface area contributed by atoms with E-state index in [0.29, 0.717) is 15.9 Å². The molecule has 0 aliphatic carbocycles. The first-order valence-electron chi connectivity index (χ1n) is 11.8. The lowest BCUT2D eigenvalue weighted by Gasteiger charge is -2.33. The van der Waals surface area contributed by atoms with Crippen molar-refractivity contribution in [1.29, 1.82) is 0 Å². The van der Waals surface area contributed by atoms with Gasteiger partial charge in [0.15, 0.2) is 0 Å². The van der Waals surface area contributed by atoms with E-state index in [1.807, 2.05) is 45.0 Å². The Hall–Kier alpha value is -2.90. The molecule has 0 saturated carbocycles. The molecule has 0 spiro atoms. The smallest absolute Gasteiger partial charge is 0.348 e. The van der Waals surface area contributed by atoms with Gasteiger partial charge in [0.05, 0.1) is 12.6 Å². The number of esters is 1. The van der Waals surface area contributed by atoms with E-state index in [0.717, 1.165) is 38.4 Å². The van der Waals surface area contributed by atoms with Crippen LogP contribution >= 0.6 is 24.0 Å². The van der Waals surface area contributed by atoms with Crippen molar-refractivity contribution in [3.8, 4) is 22.6 Å². The number of hydrogen-bond acceptors (Lipinski definition) is 7. The van der Waals surface area contributed by atoms with Crippen molar-refractivity contribution in [3.63, 3.8) is 0 Å². The Bertz CT molecular complexity index is 1270. The lowest BCUT2D eigenvalue weighted by molar-refractivity contribution is 0.0479. The normalized spacial score (nSPS) is 13.6. The summed E-state index contributed by atoms with van der Waals surface area (Å²) in [4.78, 5) is 14.3. The predicted octanol–water partition coefficient (Wildman–Crippen LogP) is 7.73. The van der Waals surface area contributed by atoms with Crippen molar-refractivity contribution < 1.29 is 19.4 Å². The van der Waals surface area contributed by atoms with Crippen LogP contribution in [-0.4, -0.2) is 29.0 Å². The highest BCUT2D eigenvalue weighted by molar-refractivity contribution is 7.80. The Labute approximate surface area is 223 Å². The summed E-state index contributed by atoms with van der Waals surface area (Å²) in [5.74, 6) is 0.344. The van der Waals surface area contributed by atoms with E-state index >= 15 is 0 Å². The number of benzene rings is 2. The minimum Gasteiger partial charge on any atom is -0.508 e. The number of carbonyl (C=O) groups is 1. The lowest BCUT2D eigenvalue weighted by atomic mass is 9.85. The molecule has 1 aliphatic rings. The van der Waals surface area contributed by atoms with Gasteiger partial charge in [-0.1, -0.05) is 26.0 Å². The number of allylic oxidation sites excluding steroid dienone is 1. The van der Waals surface area contributed by atoms with Crippen LogP contribution in [0.5, 0.6) is 11.5 Å². The molecular formula is C29H35NO4S2. The van der Waals surface area contributed by atoms with Gasteiger partial charge in [-0.15, -0.1) is 11.3 Å². The van der Waals surface area contributed by atoms with E-state index in [2.05, 4.69) is 44.8 Å². The Kier molecular flexibility index (Phi) is 8.80. The molecule has 1 aliphatic heterocycles. The topological polar surface area (TPSA) is 67.8 Å². The number of methoxy groups -OCH3 is 1. The third kappa shape index (κ3) is 6.65. The van der Waals surface area contributed by atoms with Crippen molar-refractivity contribution in [2.75, 3.05) is 12.4 Å². The van der Waals surface area contributed by atoms with Crippen LogP contribution in [0.4, 0.5) is 5.69 Å². The zero-order chi connectivity index (χ0) is 26.6. The highest BCUT2D eigenvalue weighted by atomic mass is 32.1. The lowest BCUT2D eigenvalue weighted by Crippen LogP contribution is -2.32. The van der Waals surface area contributed by atoms with Crippen molar-refractivity contribution in [2.24, 2.45) is 0 Å². The first kappa shape index (κ1) is 27.7. The highest BCUT2D eigenvalue weighted by Gasteiger charge is 2.27. The van der Waals surface area contributed by atoms with E-state index in [9.17, 15) is 9.90 Å². The van der Waals surface area contributed by atoms with Gasteiger partial charge >= 0.3 is 5.97 Å². The molecule has 2 N–H and O–H groups in total. The number of phenolic OH excluding ortho intramolecular Hbond substituents is 1. The molecular weight excluding hydrogens is 490 g/mol. The molecule has 0 atom stereocenters. The van der Waals surface area contributed by atoms with Gasteiger partial charge in [0.1, 0.15) is 23.0 Å². The van der Waals surface area contributed by atoms with Gasteiger partial charge in [0.2, 0.25) is 0 Å². The van der Waals surface area contributed by atoms with Crippen LogP contribution in [0.2, 0.25) is 0 Å². The number of thiol groups is 1. The first-order chi connectivity index (χ1) is 16.9. The number of phenols is 1. The van der Waals surface area contributed by atoms with Gasteiger partial charge in [-0.05, 0) is 74.4 Å². The minimum atomic E-state index is -0.338. The molecule has 1 aromatic heterocycles. The Morgan fingerprint density at radius 3 is 2.39 bits per heavy atom. The largest absolute Gasteiger partial charge is 0.508 e. The number of fused-ring (bicyclic) bond motifs is 1. The van der Waals surface area contributed by atoms with Crippen LogP contribution in [0.1, 0.15) is 60.3 Å². The molecule has 192 valence electrons. The van der Waals surface area contributed by atoms with Gasteiger partial charge in [-0.25, -0.2) is 4.79 Å². The average Bonchev–Trinajstić information content (AvgIpc) is 3.22. The van der Waals surface area contributed by atoms with E-state index in [1.54, 1.807) is 25.3 Å². The summed E-state index contributed by atoms with van der Waals surface area (Å²) in [5, 5.41) is 14.0. The summed E-state index contributed by atoms with van der Waals surface area (Å²) < 4.78 is 11.3. The van der Waals surface area contributed by atoms with Crippen molar-refractivity contribution in [2.45, 2.75) is 58.9 Å². The van der Waals surface area contributed by atoms with Gasteiger partial charge in [-0.3, -0.25) is 0 Å². The standard InChI is InChI=1S/C26H27NO4S.C3H8S/c1-15-13-26(3,4)27-21-10-9-18(19-8-7-17(28)12-22(19)30-5)20(24(15)21)14-31-25(29)23-11-6-16(2)32-23;1-3(2)4/h6-13,27-28H,14H2,1-5H3;3-4H,1-2H3. The van der Waals surface area contributed by atoms with Crippen LogP contribution in [0, 0.1) is 6.92 Å². The maximum atomic E-state index is 12.7. The number of anilines is 1. The van der Waals surface area contributed by atoms with Gasteiger partial charge in [0, 0.05) is 33.3 Å². The monoisotopic (exact) mass is 525 g/mol. The summed E-state index contributed by atoms with van der Waals surface area (Å²) >= 11 is 5.39. The number of nitrogens with one attached hydrogen (secondary N) is 1. The van der Waals surface area contributed by atoms with E-state index < -0.39 is 0 Å². The van der Waals surface area contributed by atoms with Crippen LogP contribution in [0.25, 0.3) is 16.7 Å². The second kappa shape index (κ2) is 11.4. The maximum Gasteiger partial charge on any atom is 0.348 e. The Morgan fingerprint density at radius 2 is 1.78 bits per heavy atom. The second-order valence-electron chi connectivity index (χ2n) is 9.65. The fraction of sp³-hybridized carbons (Fsp3) is 0.345. The molecule has 0 saturated heterocycles. The van der Waals surface area contributed by atoms with Crippen molar-refractivity contribution >= 4 is 41.2 Å². The van der Waals surface area contributed by atoms with Crippen LogP contribution in [-0.2, 0) is 11.3 Å². The quantitative estimate of drug-likeness (QED) is 0.235. The van der Waals surface area contributed by atoms with Crippen molar-refractivity contribution in [1.82, 2.24) is 0 Å². The van der Waals surface area contributed by atoms with Gasteiger partial charge < -0.3 is 19.9 Å². The molecule has 0 unspecified atom stereocenters. The number of hydrogen-bond donors (Lipinski definition) is 3. The van der Waals surface area contributed by atoms with Crippen LogP contribution in [0.15, 0.2) is 48.5 Å². The molecule has 0 fully saturated rings. The maximum absolute atomic E-state index is 12.7. The summed E-state index contributed by atoms with van der Waals surface area (Å²) in [6.45, 7) is 12.5. The Balaban J connectivity index is 0.000000840. The number of ether oxygens (including phenoxy) is 2. The SMILES string of the molecule is CC(C)S.COc1cc(O)ccc1-c1ccc2c(c1COC(=O)c1ccc(C)s1)C(C)=CC(C)(C)N2. The molecule has 4 rings (SSSR count). The number of carbonyl (C=O) groups excluding carboxylic acids is 1. The summed E-state index contributed by atoms with van der Waals surface area (Å²) in [6.07, 6.45) is 2.18. The first-order valence-corrected chi connectivity index (χ1v) is 13.2. The number of aryl methyl sites for hydroxylation is 1. The fourth-order valence-electron chi connectivity index (χ4n) is 4.26. The molecule has 5 nitrogen and oxygen atoms in total. The number of thiophene rings is 1. The van der Waals surface area contributed by atoms with E-state index in [-0.39, 0.29) is 23.9 Å². The molecule has 2 heterocycles. The van der Waals surface area contributed by atoms with Crippen molar-refractivity contribution in [3.05, 3.63) is 69.4 Å². The zero-order valence-electron chi connectivity index (χ0n) is 21.9. The summed E-state index contributed by atoms with van der Waals surface area (Å²) in [7, 11) is 1.57. The van der Waals surface area contributed by atoms with Crippen LogP contribution in [0.3, 0.4) is 0 Å². The molecule has 36 heavy (non-hydrogen) atoms. The number of aromatic hydroxyl groups is 1. The summed E-state index contributed by atoms with van der Waals surface area (Å²) in [6, 6.07) is 12.8. The average molecular weight is 526 g/mol. The van der Waals surface area contributed by atoms with E-state index in [4.69, 9.17) is 9.47 Å². The Morgan fingerprint density at radius 1 is 1.11 bits per heavy atom. The summed E-state index contributed by atoms with van der Waals surface area (Å²) in [5.41, 5.74) is 5.55. The van der Waals surface area contributed by atoms with Crippen LogP contribution < -0.4 is 10.1 Å². The second-order valence-corrected chi connectivity index (χ2v) is 12.0. The molecule has 7 heteroatoms.